The highest BCUT2D eigenvalue weighted by atomic mass is 35.5. The highest BCUT2D eigenvalue weighted by Crippen LogP contribution is 2.41. The van der Waals surface area contributed by atoms with Crippen molar-refractivity contribution in [1.29, 1.82) is 0 Å². The average Bonchev–Trinajstić information content (AvgIpc) is 3.32. The van der Waals surface area contributed by atoms with Crippen LogP contribution in [-0.4, -0.2) is 41.8 Å². The molecule has 0 bridgehead atoms. The van der Waals surface area contributed by atoms with Gasteiger partial charge in [0.05, 0.1) is 33.4 Å². The van der Waals surface area contributed by atoms with E-state index < -0.39 is 10.8 Å². The third-order valence-electron chi connectivity index (χ3n) is 3.83. The van der Waals surface area contributed by atoms with Gasteiger partial charge in [0.25, 0.3) is 0 Å². The summed E-state index contributed by atoms with van der Waals surface area (Å²) in [6, 6.07) is 5.13. The lowest BCUT2D eigenvalue weighted by atomic mass is 10.1. The summed E-state index contributed by atoms with van der Waals surface area (Å²) in [5, 5.41) is 5.16. The smallest absolute Gasteiger partial charge is 0.220 e. The summed E-state index contributed by atoms with van der Waals surface area (Å²) >= 11 is 14.0. The summed E-state index contributed by atoms with van der Waals surface area (Å²) in [5.41, 5.74) is 3.23. The topological polar surface area (TPSA) is 82.8 Å². The predicted octanol–water partition coefficient (Wildman–Crippen LogP) is 4.07. The van der Waals surface area contributed by atoms with Crippen molar-refractivity contribution in [1.82, 2.24) is 24.7 Å². The van der Waals surface area contributed by atoms with Gasteiger partial charge >= 0.3 is 0 Å². The van der Waals surface area contributed by atoms with E-state index in [2.05, 4.69) is 20.1 Å². The van der Waals surface area contributed by atoms with Gasteiger partial charge in [-0.25, -0.2) is 15.0 Å². The second kappa shape index (κ2) is 8.12. The van der Waals surface area contributed by atoms with Crippen LogP contribution in [0.25, 0.3) is 21.6 Å². The van der Waals surface area contributed by atoms with Gasteiger partial charge in [-0.05, 0) is 18.2 Å². The van der Waals surface area contributed by atoms with Crippen molar-refractivity contribution in [2.75, 3.05) is 12.9 Å². The van der Waals surface area contributed by atoms with Gasteiger partial charge in [0, 0.05) is 23.7 Å². The largest absolute Gasteiger partial charge is 0.491 e. The minimum absolute atomic E-state index is 0.209. The fourth-order valence-electron chi connectivity index (χ4n) is 2.62. The molecule has 0 radical (unpaired) electrons. The zero-order valence-corrected chi connectivity index (χ0v) is 17.6. The SMILES string of the molecule is CS(=O)c1nc(-c2c(Cl)cc(Cl)cc2OCCn2cccn2)c2ncsc2n1. The summed E-state index contributed by atoms with van der Waals surface area (Å²) in [4.78, 5) is 13.8. The molecule has 3 heterocycles. The standard InChI is InChI=1S/C17H13Cl2N5O2S2/c1-28(25)17-22-14(15-16(23-17)27-9-20-15)13-11(19)7-10(18)8-12(13)26-6-5-24-4-2-3-21-24/h2-4,7-9H,5-6H2,1H3. The van der Waals surface area contributed by atoms with Gasteiger partial charge in [-0.15, -0.1) is 11.3 Å². The summed E-state index contributed by atoms with van der Waals surface area (Å²) in [7, 11) is -1.36. The molecule has 1 atom stereocenters. The Labute approximate surface area is 176 Å². The minimum atomic E-state index is -1.36. The number of aromatic nitrogens is 5. The molecule has 144 valence electrons. The molecule has 7 nitrogen and oxygen atoms in total. The molecule has 1 aromatic carbocycles. The summed E-state index contributed by atoms with van der Waals surface area (Å²) in [6.07, 6.45) is 5.08. The number of fused-ring (bicyclic) bond motifs is 1. The molecule has 4 rings (SSSR count). The van der Waals surface area contributed by atoms with Gasteiger partial charge in [-0.3, -0.25) is 8.89 Å². The highest BCUT2D eigenvalue weighted by molar-refractivity contribution is 7.84. The first-order valence-electron chi connectivity index (χ1n) is 8.07. The fourth-order valence-corrected chi connectivity index (χ4v) is 4.34. The van der Waals surface area contributed by atoms with Crippen LogP contribution >= 0.6 is 34.5 Å². The van der Waals surface area contributed by atoms with Crippen LogP contribution in [0.3, 0.4) is 0 Å². The van der Waals surface area contributed by atoms with Crippen LogP contribution in [0.15, 0.2) is 41.3 Å². The highest BCUT2D eigenvalue weighted by Gasteiger charge is 2.21. The molecule has 0 saturated carbocycles. The van der Waals surface area contributed by atoms with Crippen molar-refractivity contribution in [2.24, 2.45) is 0 Å². The number of rotatable bonds is 6. The van der Waals surface area contributed by atoms with Crippen LogP contribution < -0.4 is 4.74 Å². The average molecular weight is 454 g/mol. The zero-order valence-electron chi connectivity index (χ0n) is 14.5. The Morgan fingerprint density at radius 1 is 1.29 bits per heavy atom. The van der Waals surface area contributed by atoms with E-state index in [1.54, 1.807) is 28.5 Å². The first-order chi connectivity index (χ1) is 13.5. The molecule has 11 heteroatoms. The van der Waals surface area contributed by atoms with Crippen LogP contribution in [0.1, 0.15) is 0 Å². The number of halogens is 2. The van der Waals surface area contributed by atoms with E-state index in [4.69, 9.17) is 27.9 Å². The Kier molecular flexibility index (Phi) is 5.58. The van der Waals surface area contributed by atoms with Crippen LogP contribution in [0.5, 0.6) is 5.75 Å². The first kappa shape index (κ1) is 19.3. The van der Waals surface area contributed by atoms with E-state index in [1.807, 2.05) is 12.3 Å². The third-order valence-corrected chi connectivity index (χ3v) is 5.76. The van der Waals surface area contributed by atoms with Crippen LogP contribution in [0.2, 0.25) is 10.0 Å². The van der Waals surface area contributed by atoms with Gasteiger partial charge in [0.1, 0.15) is 28.4 Å². The van der Waals surface area contributed by atoms with Crippen molar-refractivity contribution in [3.63, 3.8) is 0 Å². The molecule has 28 heavy (non-hydrogen) atoms. The number of benzene rings is 1. The van der Waals surface area contributed by atoms with Crippen LogP contribution in [0, 0.1) is 0 Å². The second-order valence-electron chi connectivity index (χ2n) is 5.69. The van der Waals surface area contributed by atoms with Crippen molar-refractivity contribution >= 4 is 55.7 Å². The molecule has 0 amide bonds. The van der Waals surface area contributed by atoms with Crippen molar-refractivity contribution in [2.45, 2.75) is 11.7 Å². The Hall–Kier alpha value is -2.07. The van der Waals surface area contributed by atoms with E-state index in [1.165, 1.54) is 17.6 Å². The Bertz CT molecular complexity index is 1160. The van der Waals surface area contributed by atoms with Crippen molar-refractivity contribution in [3.05, 3.63) is 46.1 Å². The lowest BCUT2D eigenvalue weighted by Gasteiger charge is -2.14. The maximum absolute atomic E-state index is 12.0. The van der Waals surface area contributed by atoms with E-state index in [9.17, 15) is 4.21 Å². The molecule has 3 aromatic heterocycles. The fraction of sp³-hybridized carbons (Fsp3) is 0.176. The molecule has 0 saturated heterocycles. The summed E-state index contributed by atoms with van der Waals surface area (Å²) in [5.74, 6) is 0.463. The van der Waals surface area contributed by atoms with Gasteiger partial charge in [-0.1, -0.05) is 23.2 Å². The Balaban J connectivity index is 1.80. The predicted molar refractivity (Wildman–Crippen MR) is 111 cm³/mol. The van der Waals surface area contributed by atoms with E-state index in [0.717, 1.165) is 0 Å². The molecule has 0 aliphatic rings. The summed E-state index contributed by atoms with van der Waals surface area (Å²) < 4.78 is 19.7. The molecule has 1 unspecified atom stereocenters. The quantitative estimate of drug-likeness (QED) is 0.409. The molecular formula is C17H13Cl2N5O2S2. The summed E-state index contributed by atoms with van der Waals surface area (Å²) in [6.45, 7) is 0.903. The number of nitrogens with zero attached hydrogens (tertiary/aromatic N) is 5. The van der Waals surface area contributed by atoms with Gasteiger partial charge in [0.2, 0.25) is 5.16 Å². The molecule has 0 aliphatic heterocycles. The minimum Gasteiger partial charge on any atom is -0.491 e. The van der Waals surface area contributed by atoms with E-state index in [0.29, 0.717) is 50.6 Å². The Morgan fingerprint density at radius 3 is 2.89 bits per heavy atom. The molecule has 0 fully saturated rings. The molecule has 0 aliphatic carbocycles. The maximum Gasteiger partial charge on any atom is 0.220 e. The number of thiazole rings is 1. The zero-order chi connectivity index (χ0) is 19.7. The second-order valence-corrected chi connectivity index (χ2v) is 8.64. The number of hydrogen-bond donors (Lipinski definition) is 0. The first-order valence-corrected chi connectivity index (χ1v) is 11.3. The monoisotopic (exact) mass is 453 g/mol. The van der Waals surface area contributed by atoms with Gasteiger partial charge in [0.15, 0.2) is 0 Å². The van der Waals surface area contributed by atoms with Gasteiger partial charge < -0.3 is 4.74 Å². The normalized spacial score (nSPS) is 12.4. The molecule has 4 aromatic rings. The third kappa shape index (κ3) is 3.88. The van der Waals surface area contributed by atoms with Crippen LogP contribution in [0.4, 0.5) is 0 Å². The molecule has 0 N–H and O–H groups in total. The number of ether oxygens (including phenoxy) is 1. The maximum atomic E-state index is 12.0. The van der Waals surface area contributed by atoms with Crippen molar-refractivity contribution in [3.8, 4) is 17.0 Å². The lowest BCUT2D eigenvalue weighted by Crippen LogP contribution is -2.09. The van der Waals surface area contributed by atoms with Gasteiger partial charge in [-0.2, -0.15) is 5.10 Å². The lowest BCUT2D eigenvalue weighted by molar-refractivity contribution is 0.292. The number of hydrogen-bond acceptors (Lipinski definition) is 7. The molecular weight excluding hydrogens is 441 g/mol. The van der Waals surface area contributed by atoms with Crippen molar-refractivity contribution < 1.29 is 8.95 Å². The van der Waals surface area contributed by atoms with E-state index >= 15 is 0 Å². The Morgan fingerprint density at radius 2 is 2.14 bits per heavy atom. The van der Waals surface area contributed by atoms with E-state index in [-0.39, 0.29) is 5.16 Å². The molecule has 0 spiro atoms. The van der Waals surface area contributed by atoms with Crippen LogP contribution in [-0.2, 0) is 17.3 Å².